The fourth-order valence-electron chi connectivity index (χ4n) is 7.39. The molecule has 242 valence electrons. The van der Waals surface area contributed by atoms with Crippen LogP contribution < -0.4 is 0 Å². The molecule has 0 amide bonds. The number of nitrogens with zero attached hydrogens (tertiary/aromatic N) is 3. The molecule has 2 heterocycles. The number of hydrogen-bond acceptors (Lipinski definition) is 3. The van der Waals surface area contributed by atoms with Crippen molar-refractivity contribution in [3.8, 4) is 78.7 Å². The van der Waals surface area contributed by atoms with E-state index in [0.29, 0.717) is 5.82 Å². The first-order chi connectivity index (χ1) is 25.0. The van der Waals surface area contributed by atoms with Crippen LogP contribution in [-0.4, -0.2) is 15.0 Å². The van der Waals surface area contributed by atoms with E-state index in [1.807, 2.05) is 72.8 Å². The van der Waals surface area contributed by atoms with Crippen molar-refractivity contribution in [2.75, 3.05) is 0 Å². The average Bonchev–Trinajstić information content (AvgIpc) is 3.44. The minimum Gasteiger partial charge on any atom is -0.246 e. The fourth-order valence-corrected chi connectivity index (χ4v) is 7.39. The number of benzene rings is 6. The highest BCUT2D eigenvalue weighted by atomic mass is 14.9. The summed E-state index contributed by atoms with van der Waals surface area (Å²) in [5.74, 6) is 0.674. The normalized spacial score (nSPS) is 12.7. The SMILES string of the molecule is CC1(C)c2ccccc2-c2ccc(-c3cccc(-c4ccc(-c5cc(-c6cccc(-c7ccccc7)n6)nc(-c6ccccc6)n5)cc4)c3)cc21. The van der Waals surface area contributed by atoms with Crippen LogP contribution in [0, 0.1) is 0 Å². The van der Waals surface area contributed by atoms with Crippen LogP contribution in [0.5, 0.6) is 0 Å². The van der Waals surface area contributed by atoms with Crippen molar-refractivity contribution in [1.29, 1.82) is 0 Å². The predicted octanol–water partition coefficient (Wildman–Crippen LogP) is 12.2. The molecule has 3 heteroatoms. The van der Waals surface area contributed by atoms with Gasteiger partial charge >= 0.3 is 0 Å². The average molecular weight is 654 g/mol. The topological polar surface area (TPSA) is 38.7 Å². The molecule has 0 fully saturated rings. The van der Waals surface area contributed by atoms with Crippen molar-refractivity contribution in [2.45, 2.75) is 19.3 Å². The summed E-state index contributed by atoms with van der Waals surface area (Å²) in [6, 6.07) is 61.8. The lowest BCUT2D eigenvalue weighted by Crippen LogP contribution is -2.14. The highest BCUT2D eigenvalue weighted by Crippen LogP contribution is 2.49. The lowest BCUT2D eigenvalue weighted by atomic mass is 9.81. The summed E-state index contributed by atoms with van der Waals surface area (Å²) in [4.78, 5) is 15.1. The van der Waals surface area contributed by atoms with Crippen molar-refractivity contribution in [3.63, 3.8) is 0 Å². The Morgan fingerprint density at radius 2 is 0.843 bits per heavy atom. The van der Waals surface area contributed by atoms with Gasteiger partial charge in [-0.1, -0.05) is 159 Å². The minimum atomic E-state index is -0.0304. The Bertz CT molecular complexity index is 2530. The van der Waals surface area contributed by atoms with Gasteiger partial charge in [-0.3, -0.25) is 0 Å². The molecule has 0 spiro atoms. The maximum Gasteiger partial charge on any atom is 0.160 e. The Hall–Kier alpha value is -6.45. The van der Waals surface area contributed by atoms with Gasteiger partial charge in [-0.05, 0) is 74.8 Å². The molecule has 3 nitrogen and oxygen atoms in total. The van der Waals surface area contributed by atoms with E-state index >= 15 is 0 Å². The van der Waals surface area contributed by atoms with E-state index < -0.39 is 0 Å². The highest BCUT2D eigenvalue weighted by Gasteiger charge is 2.35. The van der Waals surface area contributed by atoms with Crippen molar-refractivity contribution < 1.29 is 0 Å². The van der Waals surface area contributed by atoms with E-state index in [1.165, 1.54) is 38.9 Å². The summed E-state index contributed by atoms with van der Waals surface area (Å²) >= 11 is 0. The third-order valence-electron chi connectivity index (χ3n) is 10.1. The van der Waals surface area contributed by atoms with Crippen LogP contribution in [-0.2, 0) is 5.41 Å². The van der Waals surface area contributed by atoms with Crippen LogP contribution in [0.2, 0.25) is 0 Å². The lowest BCUT2D eigenvalue weighted by molar-refractivity contribution is 0.660. The van der Waals surface area contributed by atoms with Crippen molar-refractivity contribution in [1.82, 2.24) is 15.0 Å². The Balaban J connectivity index is 1.06. The van der Waals surface area contributed by atoms with Gasteiger partial charge in [0.2, 0.25) is 0 Å². The summed E-state index contributed by atoms with van der Waals surface area (Å²) in [7, 11) is 0. The molecule has 0 radical (unpaired) electrons. The summed E-state index contributed by atoms with van der Waals surface area (Å²) < 4.78 is 0. The Labute approximate surface area is 299 Å². The number of fused-ring (bicyclic) bond motifs is 3. The Morgan fingerprint density at radius 1 is 0.314 bits per heavy atom. The minimum absolute atomic E-state index is 0.0304. The van der Waals surface area contributed by atoms with E-state index in [2.05, 4.69) is 117 Å². The number of aromatic nitrogens is 3. The molecule has 1 aliphatic carbocycles. The van der Waals surface area contributed by atoms with Gasteiger partial charge in [0.15, 0.2) is 5.82 Å². The number of hydrogen-bond donors (Lipinski definition) is 0. The van der Waals surface area contributed by atoms with Crippen LogP contribution in [0.25, 0.3) is 78.7 Å². The second-order valence-corrected chi connectivity index (χ2v) is 13.7. The summed E-state index contributed by atoms with van der Waals surface area (Å²) in [5, 5.41) is 0. The lowest BCUT2D eigenvalue weighted by Gasteiger charge is -2.22. The molecule has 0 atom stereocenters. The smallest absolute Gasteiger partial charge is 0.160 e. The molecule has 0 bridgehead atoms. The van der Waals surface area contributed by atoms with Crippen LogP contribution in [0.4, 0.5) is 0 Å². The highest BCUT2D eigenvalue weighted by molar-refractivity contribution is 5.84. The molecule has 2 aromatic heterocycles. The van der Waals surface area contributed by atoms with Crippen LogP contribution in [0.1, 0.15) is 25.0 Å². The molecule has 0 unspecified atom stereocenters. The second kappa shape index (κ2) is 12.5. The molecule has 9 rings (SSSR count). The van der Waals surface area contributed by atoms with E-state index in [4.69, 9.17) is 15.0 Å². The molecule has 6 aromatic carbocycles. The molecule has 8 aromatic rings. The molecule has 0 N–H and O–H groups in total. The Kier molecular flexibility index (Phi) is 7.48. The van der Waals surface area contributed by atoms with Gasteiger partial charge in [0.05, 0.1) is 22.8 Å². The van der Waals surface area contributed by atoms with Crippen LogP contribution in [0.3, 0.4) is 0 Å². The van der Waals surface area contributed by atoms with Gasteiger partial charge in [-0.2, -0.15) is 0 Å². The first kappa shape index (κ1) is 30.6. The largest absolute Gasteiger partial charge is 0.246 e. The summed E-state index contributed by atoms with van der Waals surface area (Å²) in [6.45, 7) is 4.67. The van der Waals surface area contributed by atoms with Gasteiger partial charge in [-0.25, -0.2) is 15.0 Å². The third kappa shape index (κ3) is 5.63. The quantitative estimate of drug-likeness (QED) is 0.179. The predicted molar refractivity (Wildman–Crippen MR) is 210 cm³/mol. The monoisotopic (exact) mass is 653 g/mol. The van der Waals surface area contributed by atoms with E-state index in [0.717, 1.165) is 45.0 Å². The molecular formula is C48H35N3. The zero-order chi connectivity index (χ0) is 34.4. The molecule has 0 saturated carbocycles. The van der Waals surface area contributed by atoms with Gasteiger partial charge in [-0.15, -0.1) is 0 Å². The molecular weight excluding hydrogens is 619 g/mol. The van der Waals surface area contributed by atoms with Crippen molar-refractivity contribution >= 4 is 0 Å². The molecule has 0 aliphatic heterocycles. The molecule has 0 saturated heterocycles. The van der Waals surface area contributed by atoms with E-state index in [1.54, 1.807) is 0 Å². The summed E-state index contributed by atoms with van der Waals surface area (Å²) in [6.07, 6.45) is 0. The van der Waals surface area contributed by atoms with Gasteiger partial charge in [0.1, 0.15) is 0 Å². The third-order valence-corrected chi connectivity index (χ3v) is 10.1. The van der Waals surface area contributed by atoms with Crippen molar-refractivity contribution in [2.24, 2.45) is 0 Å². The standard InChI is InChI=1S/C48H35N3/c1-48(2)41-20-10-9-19-39(41)40-28-27-38(30-42(40)48)37-18-11-17-36(29-37)32-23-25-34(26-24-32)45-31-46(51-47(50-45)35-15-7-4-8-16-35)44-22-12-21-43(49-44)33-13-5-3-6-14-33/h3-31H,1-2H3. The van der Waals surface area contributed by atoms with Crippen molar-refractivity contribution in [3.05, 3.63) is 187 Å². The van der Waals surface area contributed by atoms with E-state index in [9.17, 15) is 0 Å². The van der Waals surface area contributed by atoms with Gasteiger partial charge < -0.3 is 0 Å². The summed E-state index contributed by atoms with van der Waals surface area (Å²) in [5.41, 5.74) is 16.6. The van der Waals surface area contributed by atoms with Crippen LogP contribution in [0.15, 0.2) is 176 Å². The maximum absolute atomic E-state index is 5.05. The maximum atomic E-state index is 5.05. The first-order valence-electron chi connectivity index (χ1n) is 17.4. The zero-order valence-corrected chi connectivity index (χ0v) is 28.6. The van der Waals surface area contributed by atoms with E-state index in [-0.39, 0.29) is 5.41 Å². The van der Waals surface area contributed by atoms with Gasteiger partial charge in [0, 0.05) is 22.1 Å². The fraction of sp³-hybridized carbons (Fsp3) is 0.0625. The van der Waals surface area contributed by atoms with Crippen LogP contribution >= 0.6 is 0 Å². The molecule has 51 heavy (non-hydrogen) atoms. The second-order valence-electron chi connectivity index (χ2n) is 13.7. The first-order valence-corrected chi connectivity index (χ1v) is 17.4. The van der Waals surface area contributed by atoms with Gasteiger partial charge in [0.25, 0.3) is 0 Å². The Morgan fingerprint density at radius 3 is 1.63 bits per heavy atom. The number of rotatable bonds is 6. The molecule has 1 aliphatic rings. The number of pyridine rings is 1. The zero-order valence-electron chi connectivity index (χ0n) is 28.6.